The molecular formula is C13H11ClF3N3. The van der Waals surface area contributed by atoms with Gasteiger partial charge in [0.25, 0.3) is 0 Å². The maximum absolute atomic E-state index is 13.0. The lowest BCUT2D eigenvalue weighted by Gasteiger charge is -2.20. The number of hydrogen-bond donors (Lipinski definition) is 1. The third-order valence-electron chi connectivity index (χ3n) is 2.71. The van der Waals surface area contributed by atoms with Crippen molar-refractivity contribution < 1.29 is 13.2 Å². The summed E-state index contributed by atoms with van der Waals surface area (Å²) in [7, 11) is 0. The SMILES string of the molecule is CC(Nc1c(Cl)cccc1C(F)(F)F)c1cnccn1. The Bertz CT molecular complexity index is 587. The number of halogens is 4. The number of aromatic nitrogens is 2. The van der Waals surface area contributed by atoms with Gasteiger partial charge in [0.15, 0.2) is 0 Å². The summed E-state index contributed by atoms with van der Waals surface area (Å²) in [6.45, 7) is 1.69. The normalized spacial score (nSPS) is 13.1. The Morgan fingerprint density at radius 3 is 2.60 bits per heavy atom. The van der Waals surface area contributed by atoms with Gasteiger partial charge >= 0.3 is 6.18 Å². The van der Waals surface area contributed by atoms with Crippen LogP contribution < -0.4 is 5.32 Å². The fraction of sp³-hybridized carbons (Fsp3) is 0.231. The second-order valence-electron chi connectivity index (χ2n) is 4.16. The van der Waals surface area contributed by atoms with E-state index in [4.69, 9.17) is 11.6 Å². The Hall–Kier alpha value is -1.82. The summed E-state index contributed by atoms with van der Waals surface area (Å²) in [6.07, 6.45) is -0.0191. The molecule has 1 heterocycles. The van der Waals surface area contributed by atoms with Crippen molar-refractivity contribution in [3.8, 4) is 0 Å². The zero-order valence-corrected chi connectivity index (χ0v) is 11.2. The van der Waals surface area contributed by atoms with E-state index in [0.717, 1.165) is 6.07 Å². The molecular weight excluding hydrogens is 291 g/mol. The number of hydrogen-bond acceptors (Lipinski definition) is 3. The van der Waals surface area contributed by atoms with E-state index in [9.17, 15) is 13.2 Å². The number of alkyl halides is 3. The third kappa shape index (κ3) is 3.19. The van der Waals surface area contributed by atoms with Crippen molar-refractivity contribution in [3.05, 3.63) is 53.1 Å². The minimum atomic E-state index is -4.48. The summed E-state index contributed by atoms with van der Waals surface area (Å²) < 4.78 is 38.9. The third-order valence-corrected chi connectivity index (χ3v) is 3.02. The van der Waals surface area contributed by atoms with Crippen LogP contribution in [-0.2, 0) is 6.18 Å². The van der Waals surface area contributed by atoms with Crippen molar-refractivity contribution in [1.82, 2.24) is 9.97 Å². The molecule has 1 N–H and O–H groups in total. The predicted molar refractivity (Wildman–Crippen MR) is 70.5 cm³/mol. The smallest absolute Gasteiger partial charge is 0.375 e. The number of benzene rings is 1. The Morgan fingerprint density at radius 2 is 2.00 bits per heavy atom. The highest BCUT2D eigenvalue weighted by molar-refractivity contribution is 6.33. The number of nitrogens with zero attached hydrogens (tertiary/aromatic N) is 2. The van der Waals surface area contributed by atoms with Crippen LogP contribution in [0.2, 0.25) is 5.02 Å². The molecule has 1 aromatic heterocycles. The molecule has 2 rings (SSSR count). The molecule has 0 radical (unpaired) electrons. The molecule has 0 aliphatic rings. The monoisotopic (exact) mass is 301 g/mol. The molecule has 0 aliphatic carbocycles. The van der Waals surface area contributed by atoms with Crippen LogP contribution in [0.15, 0.2) is 36.8 Å². The molecule has 20 heavy (non-hydrogen) atoms. The first-order chi connectivity index (χ1) is 9.39. The lowest BCUT2D eigenvalue weighted by molar-refractivity contribution is -0.137. The van der Waals surface area contributed by atoms with Gasteiger partial charge in [0, 0.05) is 12.4 Å². The number of rotatable bonds is 3. The van der Waals surface area contributed by atoms with Crippen LogP contribution in [-0.4, -0.2) is 9.97 Å². The molecule has 0 amide bonds. The van der Waals surface area contributed by atoms with E-state index >= 15 is 0 Å². The van der Waals surface area contributed by atoms with Crippen LogP contribution in [0.4, 0.5) is 18.9 Å². The number of nitrogens with one attached hydrogen (secondary N) is 1. The molecule has 1 atom stereocenters. The quantitative estimate of drug-likeness (QED) is 0.917. The van der Waals surface area contributed by atoms with E-state index in [1.165, 1.54) is 30.7 Å². The summed E-state index contributed by atoms with van der Waals surface area (Å²) in [4.78, 5) is 7.93. The molecule has 0 spiro atoms. The molecule has 0 bridgehead atoms. The average molecular weight is 302 g/mol. The summed E-state index contributed by atoms with van der Waals surface area (Å²) in [6, 6.07) is 3.20. The van der Waals surface area contributed by atoms with Gasteiger partial charge < -0.3 is 5.32 Å². The van der Waals surface area contributed by atoms with E-state index in [1.807, 2.05) is 0 Å². The van der Waals surface area contributed by atoms with Gasteiger partial charge in [-0.05, 0) is 19.1 Å². The van der Waals surface area contributed by atoms with E-state index < -0.39 is 17.8 Å². The first kappa shape index (κ1) is 14.6. The minimum Gasteiger partial charge on any atom is -0.375 e. The number of para-hydroxylation sites is 1. The standard InChI is InChI=1S/C13H11ClF3N3/c1-8(11-7-18-5-6-19-11)20-12-9(13(15,16)17)3-2-4-10(12)14/h2-8,20H,1H3. The Balaban J connectivity index is 2.34. The largest absolute Gasteiger partial charge is 0.418 e. The fourth-order valence-electron chi connectivity index (χ4n) is 1.73. The van der Waals surface area contributed by atoms with Crippen molar-refractivity contribution in [2.75, 3.05) is 5.32 Å². The van der Waals surface area contributed by atoms with Crippen molar-refractivity contribution in [2.24, 2.45) is 0 Å². The van der Waals surface area contributed by atoms with E-state index in [2.05, 4.69) is 15.3 Å². The maximum Gasteiger partial charge on any atom is 0.418 e. The first-order valence-corrected chi connectivity index (χ1v) is 6.15. The van der Waals surface area contributed by atoms with Crippen LogP contribution in [0, 0.1) is 0 Å². The lowest BCUT2D eigenvalue weighted by atomic mass is 10.1. The zero-order chi connectivity index (χ0) is 14.8. The molecule has 1 aromatic carbocycles. The molecule has 0 saturated heterocycles. The molecule has 2 aromatic rings. The highest BCUT2D eigenvalue weighted by atomic mass is 35.5. The van der Waals surface area contributed by atoms with E-state index in [0.29, 0.717) is 5.69 Å². The maximum atomic E-state index is 13.0. The van der Waals surface area contributed by atoms with E-state index in [-0.39, 0.29) is 10.7 Å². The molecule has 3 nitrogen and oxygen atoms in total. The zero-order valence-electron chi connectivity index (χ0n) is 10.4. The molecule has 106 valence electrons. The van der Waals surface area contributed by atoms with Gasteiger partial charge in [-0.25, -0.2) is 0 Å². The molecule has 0 fully saturated rings. The van der Waals surface area contributed by atoms with Crippen LogP contribution >= 0.6 is 11.6 Å². The topological polar surface area (TPSA) is 37.8 Å². The van der Waals surface area contributed by atoms with Gasteiger partial charge in [0.1, 0.15) is 0 Å². The van der Waals surface area contributed by atoms with Crippen LogP contribution in [0.1, 0.15) is 24.2 Å². The van der Waals surface area contributed by atoms with Gasteiger partial charge in [-0.1, -0.05) is 17.7 Å². The van der Waals surface area contributed by atoms with Crippen LogP contribution in [0.3, 0.4) is 0 Å². The number of anilines is 1. The van der Waals surface area contributed by atoms with Gasteiger partial charge in [-0.2, -0.15) is 13.2 Å². The Labute approximate surface area is 118 Å². The van der Waals surface area contributed by atoms with Crippen molar-refractivity contribution >= 4 is 17.3 Å². The highest BCUT2D eigenvalue weighted by Crippen LogP contribution is 2.39. The fourth-order valence-corrected chi connectivity index (χ4v) is 1.96. The Kier molecular flexibility index (Phi) is 4.13. The summed E-state index contributed by atoms with van der Waals surface area (Å²) in [5.41, 5.74) is -0.430. The summed E-state index contributed by atoms with van der Waals surface area (Å²) in [5, 5.41) is 2.76. The van der Waals surface area contributed by atoms with Crippen molar-refractivity contribution in [3.63, 3.8) is 0 Å². The first-order valence-electron chi connectivity index (χ1n) is 5.77. The second kappa shape index (κ2) is 5.66. The summed E-state index contributed by atoms with van der Waals surface area (Å²) >= 11 is 5.87. The van der Waals surface area contributed by atoms with Crippen molar-refractivity contribution in [1.29, 1.82) is 0 Å². The second-order valence-corrected chi connectivity index (χ2v) is 4.56. The molecule has 0 aliphatic heterocycles. The summed E-state index contributed by atoms with van der Waals surface area (Å²) in [5.74, 6) is 0. The lowest BCUT2D eigenvalue weighted by Crippen LogP contribution is -2.14. The van der Waals surface area contributed by atoms with Gasteiger partial charge in [0.05, 0.1) is 34.2 Å². The Morgan fingerprint density at radius 1 is 1.25 bits per heavy atom. The van der Waals surface area contributed by atoms with Crippen LogP contribution in [0.5, 0.6) is 0 Å². The predicted octanol–water partition coefficient (Wildman–Crippen LogP) is 4.32. The van der Waals surface area contributed by atoms with Gasteiger partial charge in [-0.15, -0.1) is 0 Å². The van der Waals surface area contributed by atoms with Crippen molar-refractivity contribution in [2.45, 2.75) is 19.1 Å². The highest BCUT2D eigenvalue weighted by Gasteiger charge is 2.34. The molecule has 1 unspecified atom stereocenters. The molecule has 7 heteroatoms. The van der Waals surface area contributed by atoms with Crippen LogP contribution in [0.25, 0.3) is 0 Å². The van der Waals surface area contributed by atoms with E-state index in [1.54, 1.807) is 6.92 Å². The average Bonchev–Trinajstić information content (AvgIpc) is 2.40. The molecule has 0 saturated carbocycles. The minimum absolute atomic E-state index is 0.00978. The van der Waals surface area contributed by atoms with Gasteiger partial charge in [-0.3, -0.25) is 9.97 Å². The van der Waals surface area contributed by atoms with Gasteiger partial charge in [0.2, 0.25) is 0 Å².